The van der Waals surface area contributed by atoms with Gasteiger partial charge >= 0.3 is 0 Å². The Morgan fingerprint density at radius 2 is 1.11 bits per heavy atom. The van der Waals surface area contributed by atoms with Crippen molar-refractivity contribution in [3.05, 3.63) is 98.6 Å². The minimum absolute atomic E-state index is 0.0829. The molecule has 2 heteroatoms. The van der Waals surface area contributed by atoms with Crippen LogP contribution in [0.4, 0.5) is 0 Å². The van der Waals surface area contributed by atoms with Crippen LogP contribution < -0.4 is 0 Å². The van der Waals surface area contributed by atoms with Crippen LogP contribution >= 0.6 is 0 Å². The Labute approximate surface area is 115 Å². The van der Waals surface area contributed by atoms with Gasteiger partial charge in [-0.25, -0.2) is 0 Å². The van der Waals surface area contributed by atoms with Crippen molar-refractivity contribution in [1.29, 1.82) is 0 Å². The molecule has 0 bridgehead atoms. The lowest BCUT2D eigenvalue weighted by Gasteiger charge is -2.08. The monoisotopic (exact) mass is 256 g/mol. The molecule has 100 valence electrons. The highest BCUT2D eigenvalue weighted by atomic mass is 16.7. The van der Waals surface area contributed by atoms with Crippen LogP contribution in [-0.4, -0.2) is 6.79 Å². The van der Waals surface area contributed by atoms with E-state index in [-0.39, 0.29) is 6.79 Å². The third-order valence-corrected chi connectivity index (χ3v) is 1.87. The van der Waals surface area contributed by atoms with Crippen molar-refractivity contribution in [2.75, 3.05) is 6.79 Å². The smallest absolute Gasteiger partial charge is 0.230 e. The summed E-state index contributed by atoms with van der Waals surface area (Å²) in [6.45, 7) is 14.5. The van der Waals surface area contributed by atoms with Crippen molar-refractivity contribution in [1.82, 2.24) is 0 Å². The minimum atomic E-state index is 0.0829. The van der Waals surface area contributed by atoms with E-state index in [2.05, 4.69) is 26.3 Å². The molecule has 0 atom stereocenters. The summed E-state index contributed by atoms with van der Waals surface area (Å²) in [4.78, 5) is 0. The third kappa shape index (κ3) is 9.24. The predicted molar refractivity (Wildman–Crippen MR) is 82.3 cm³/mol. The number of rotatable bonds is 10. The summed E-state index contributed by atoms with van der Waals surface area (Å²) in [6, 6.07) is 0. The van der Waals surface area contributed by atoms with Crippen molar-refractivity contribution in [2.45, 2.75) is 0 Å². The highest BCUT2D eigenvalue weighted by molar-refractivity contribution is 5.19. The zero-order valence-corrected chi connectivity index (χ0v) is 11.1. The zero-order valence-electron chi connectivity index (χ0n) is 11.1. The average molecular weight is 256 g/mol. The maximum Gasteiger partial charge on any atom is 0.230 e. The Bertz CT molecular complexity index is 381. The quantitative estimate of drug-likeness (QED) is 0.323. The van der Waals surface area contributed by atoms with E-state index in [9.17, 15) is 0 Å². The normalized spacial score (nSPS) is 12.4. The van der Waals surface area contributed by atoms with Gasteiger partial charge in [0.15, 0.2) is 0 Å². The van der Waals surface area contributed by atoms with Crippen molar-refractivity contribution >= 4 is 0 Å². The van der Waals surface area contributed by atoms with E-state index in [1.54, 1.807) is 60.8 Å². The molecule has 0 heterocycles. The molecule has 0 saturated carbocycles. The first kappa shape index (κ1) is 16.5. The molecule has 0 unspecified atom stereocenters. The lowest BCUT2D eigenvalue weighted by atomic mass is 10.4. The molecule has 2 nitrogen and oxygen atoms in total. The van der Waals surface area contributed by atoms with Crippen LogP contribution in [0.1, 0.15) is 0 Å². The standard InChI is InChI=1S/C17H20O2/c1-5-9-11-13-16(7-3)18-15-19-17(8-4)14-12-10-6-2/h5-14H,1-4,15H2/b11-9-,12-10-,16-13+,17-14+. The molecule has 0 aliphatic carbocycles. The number of hydrogen-bond acceptors (Lipinski definition) is 2. The van der Waals surface area contributed by atoms with E-state index in [1.807, 2.05) is 0 Å². The van der Waals surface area contributed by atoms with Gasteiger partial charge in [-0.1, -0.05) is 62.8 Å². The van der Waals surface area contributed by atoms with Gasteiger partial charge in [0, 0.05) is 0 Å². The van der Waals surface area contributed by atoms with E-state index in [0.717, 1.165) is 0 Å². The van der Waals surface area contributed by atoms with Crippen LogP contribution in [0.5, 0.6) is 0 Å². The number of allylic oxidation sites excluding steroid dienone is 10. The highest BCUT2D eigenvalue weighted by Gasteiger charge is 1.93. The van der Waals surface area contributed by atoms with Crippen LogP contribution in [0.2, 0.25) is 0 Å². The van der Waals surface area contributed by atoms with Gasteiger partial charge in [0.25, 0.3) is 0 Å². The molecule has 0 amide bonds. The molecule has 0 aromatic heterocycles. The van der Waals surface area contributed by atoms with Gasteiger partial charge in [0.1, 0.15) is 11.5 Å². The fraction of sp³-hybridized carbons (Fsp3) is 0.0588. The Kier molecular flexibility index (Phi) is 10.4. The third-order valence-electron chi connectivity index (χ3n) is 1.87. The fourth-order valence-electron chi connectivity index (χ4n) is 0.974. The van der Waals surface area contributed by atoms with Crippen molar-refractivity contribution in [3.63, 3.8) is 0 Å². The van der Waals surface area contributed by atoms with Crippen LogP contribution in [0.15, 0.2) is 98.6 Å². The summed E-state index contributed by atoms with van der Waals surface area (Å²) in [6.07, 6.45) is 17.3. The van der Waals surface area contributed by atoms with Gasteiger partial charge in [0.2, 0.25) is 6.79 Å². The summed E-state index contributed by atoms with van der Waals surface area (Å²) in [5.74, 6) is 1.23. The predicted octanol–water partition coefficient (Wildman–Crippen LogP) is 4.60. The topological polar surface area (TPSA) is 18.5 Å². The first-order chi connectivity index (χ1) is 9.28. The lowest BCUT2D eigenvalue weighted by molar-refractivity contribution is 0.0238. The fourth-order valence-corrected chi connectivity index (χ4v) is 0.974. The highest BCUT2D eigenvalue weighted by Crippen LogP contribution is 2.04. The molecule has 0 aromatic carbocycles. The van der Waals surface area contributed by atoms with Crippen molar-refractivity contribution < 1.29 is 9.47 Å². The largest absolute Gasteiger partial charge is 0.458 e. The molecular formula is C17H20O2. The molecule has 0 aromatic rings. The van der Waals surface area contributed by atoms with Gasteiger partial charge in [-0.3, -0.25) is 0 Å². The van der Waals surface area contributed by atoms with Crippen LogP contribution in [0, 0.1) is 0 Å². The molecular weight excluding hydrogens is 236 g/mol. The van der Waals surface area contributed by atoms with E-state index in [0.29, 0.717) is 11.5 Å². The molecule has 0 fully saturated rings. The van der Waals surface area contributed by atoms with Crippen molar-refractivity contribution in [2.24, 2.45) is 0 Å². The van der Waals surface area contributed by atoms with E-state index < -0.39 is 0 Å². The van der Waals surface area contributed by atoms with Gasteiger partial charge in [-0.15, -0.1) is 0 Å². The number of ether oxygens (including phenoxy) is 2. The minimum Gasteiger partial charge on any atom is -0.458 e. The summed E-state index contributed by atoms with van der Waals surface area (Å²) >= 11 is 0. The first-order valence-corrected chi connectivity index (χ1v) is 5.77. The summed E-state index contributed by atoms with van der Waals surface area (Å²) < 4.78 is 10.8. The van der Waals surface area contributed by atoms with E-state index >= 15 is 0 Å². The Morgan fingerprint density at radius 1 is 0.684 bits per heavy atom. The molecule has 0 aliphatic rings. The van der Waals surface area contributed by atoms with Gasteiger partial charge in [-0.05, 0) is 24.3 Å². The Hall–Kier alpha value is -2.48. The lowest BCUT2D eigenvalue weighted by Crippen LogP contribution is -1.97. The summed E-state index contributed by atoms with van der Waals surface area (Å²) in [7, 11) is 0. The second-order valence-electron chi connectivity index (χ2n) is 3.19. The maximum absolute atomic E-state index is 5.38. The van der Waals surface area contributed by atoms with Crippen LogP contribution in [0.3, 0.4) is 0 Å². The second kappa shape index (κ2) is 12.0. The van der Waals surface area contributed by atoms with E-state index in [1.165, 1.54) is 0 Å². The second-order valence-corrected chi connectivity index (χ2v) is 3.19. The van der Waals surface area contributed by atoms with Crippen LogP contribution in [-0.2, 0) is 9.47 Å². The Balaban J connectivity index is 4.31. The molecule has 0 spiro atoms. The molecule has 0 aliphatic heterocycles. The molecule has 0 rings (SSSR count). The molecule has 0 saturated heterocycles. The van der Waals surface area contributed by atoms with E-state index in [4.69, 9.17) is 9.47 Å². The summed E-state index contributed by atoms with van der Waals surface area (Å²) in [5.41, 5.74) is 0. The van der Waals surface area contributed by atoms with Gasteiger partial charge in [0.05, 0.1) is 0 Å². The van der Waals surface area contributed by atoms with Gasteiger partial charge in [-0.2, -0.15) is 0 Å². The molecule has 0 radical (unpaired) electrons. The summed E-state index contributed by atoms with van der Waals surface area (Å²) in [5, 5.41) is 0. The van der Waals surface area contributed by atoms with Gasteiger partial charge < -0.3 is 9.47 Å². The number of hydrogen-bond donors (Lipinski definition) is 0. The Morgan fingerprint density at radius 3 is 1.42 bits per heavy atom. The molecule has 0 N–H and O–H groups in total. The zero-order chi connectivity index (χ0) is 14.3. The SMILES string of the molecule is C=C/C=C\C=C(/C=C)OCO/C(C=C)=C/C=C\C=C. The average Bonchev–Trinajstić information content (AvgIpc) is 2.44. The van der Waals surface area contributed by atoms with Crippen molar-refractivity contribution in [3.8, 4) is 0 Å². The maximum atomic E-state index is 5.38. The first-order valence-electron chi connectivity index (χ1n) is 5.77. The molecule has 19 heavy (non-hydrogen) atoms. The van der Waals surface area contributed by atoms with Crippen LogP contribution in [0.25, 0.3) is 0 Å².